The van der Waals surface area contributed by atoms with Crippen LogP contribution >= 0.6 is 0 Å². The van der Waals surface area contributed by atoms with E-state index in [2.05, 4.69) is 5.32 Å². The first-order valence-electron chi connectivity index (χ1n) is 33.2. The van der Waals surface area contributed by atoms with Crippen LogP contribution in [-0.2, 0) is 80.8 Å². The minimum Gasteiger partial charge on any atom is -0.762 e. The molecule has 30 atom stereocenters. The zero-order valence-corrected chi connectivity index (χ0v) is 55.8. The SMILES string of the molecule is COC(=O)NC1C(C)OC(OC2CC=C(C)C3C=CC4C(OC5CC(OC6CC(O)C(OC7CC(O)C(OC8CCC(O)C(C)O8)C(C)O7)C(C)O6)C(OC(C)=O)C(C)O5)C(C)CC(C)C4C3(C)C(O)=C3C(=O)OC4(CC(C=O)=CC(O)C4C=C2C)C3=O)CC1(C)N([O-])O. The van der Waals surface area contributed by atoms with E-state index in [1.165, 1.54) is 19.9 Å². The van der Waals surface area contributed by atoms with E-state index in [-0.39, 0.29) is 54.7 Å². The quantitative estimate of drug-likeness (QED) is 0.0292. The lowest BCUT2D eigenvalue weighted by atomic mass is 9.49. The number of alkyl carbamates (subject to hydrolysis) is 1. The first-order chi connectivity index (χ1) is 44.3. The Labute approximate surface area is 547 Å². The molecular formula is C67H97N2O25-. The summed E-state index contributed by atoms with van der Waals surface area (Å²) in [6.45, 7) is 20.8. The van der Waals surface area contributed by atoms with Crippen molar-refractivity contribution in [2.75, 3.05) is 7.11 Å². The van der Waals surface area contributed by atoms with Gasteiger partial charge in [-0.25, -0.2) is 9.59 Å². The molecule has 30 unspecified atom stereocenters. The Morgan fingerprint density at radius 1 is 0.713 bits per heavy atom. The Kier molecular flexibility index (Phi) is 22.0. The van der Waals surface area contributed by atoms with Crippen LogP contribution in [-0.4, -0.2) is 213 Å². The Morgan fingerprint density at radius 2 is 1.31 bits per heavy atom. The number of fused-ring (bicyclic) bond motifs is 4. The first-order valence-corrected chi connectivity index (χ1v) is 33.2. The van der Waals surface area contributed by atoms with E-state index in [4.69, 9.17) is 61.6 Å². The van der Waals surface area contributed by atoms with Crippen LogP contribution in [0.15, 0.2) is 58.4 Å². The van der Waals surface area contributed by atoms with Crippen molar-refractivity contribution in [2.45, 2.75) is 281 Å². The van der Waals surface area contributed by atoms with Crippen LogP contribution in [0.2, 0.25) is 0 Å². The Hall–Kier alpha value is -4.63. The number of nitrogens with zero attached hydrogens (tertiary/aromatic N) is 1. The number of methoxy groups -OCH3 is 1. The molecule has 2 bridgehead atoms. The first kappa shape index (κ1) is 72.1. The summed E-state index contributed by atoms with van der Waals surface area (Å²) in [5.41, 5.74) is -4.86. The number of ether oxygens (including phenoxy) is 13. The van der Waals surface area contributed by atoms with Crippen molar-refractivity contribution in [1.29, 1.82) is 0 Å². The molecule has 6 aliphatic heterocycles. The molecule has 94 heavy (non-hydrogen) atoms. The van der Waals surface area contributed by atoms with Crippen LogP contribution in [0, 0.1) is 46.1 Å². The van der Waals surface area contributed by atoms with Crippen LogP contribution in [0.1, 0.15) is 141 Å². The number of carbonyl (C=O) groups is 5. The maximum atomic E-state index is 15.6. The van der Waals surface area contributed by atoms with E-state index in [0.717, 1.165) is 7.11 Å². The molecule has 10 aliphatic rings. The van der Waals surface area contributed by atoms with Crippen molar-refractivity contribution in [3.63, 3.8) is 0 Å². The number of rotatable bonds is 14. The summed E-state index contributed by atoms with van der Waals surface area (Å²) < 4.78 is 81.1. The molecule has 0 aromatic carbocycles. The minimum atomic E-state index is -2.21. The van der Waals surface area contributed by atoms with Gasteiger partial charge in [-0.15, -0.1) is 0 Å². The van der Waals surface area contributed by atoms with Crippen LogP contribution in [0.5, 0.6) is 0 Å². The molecule has 4 aliphatic carbocycles. The van der Waals surface area contributed by atoms with Crippen molar-refractivity contribution in [1.82, 2.24) is 10.5 Å². The Bertz CT molecular complexity index is 2930. The number of aliphatic hydroxyl groups excluding tert-OH is 5. The zero-order chi connectivity index (χ0) is 68.4. The van der Waals surface area contributed by atoms with Crippen LogP contribution in [0.25, 0.3) is 0 Å². The smallest absolute Gasteiger partial charge is 0.407 e. The summed E-state index contributed by atoms with van der Waals surface area (Å²) in [5.74, 6) is -6.68. The van der Waals surface area contributed by atoms with Gasteiger partial charge in [0.15, 0.2) is 43.2 Å². The van der Waals surface area contributed by atoms with E-state index < -0.39 is 211 Å². The molecule has 526 valence electrons. The minimum absolute atomic E-state index is 0.00753. The molecule has 27 nitrogen and oxygen atoms in total. The Balaban J connectivity index is 0.910. The van der Waals surface area contributed by atoms with Crippen LogP contribution in [0.3, 0.4) is 0 Å². The van der Waals surface area contributed by atoms with Crippen molar-refractivity contribution in [3.8, 4) is 0 Å². The lowest BCUT2D eigenvalue weighted by Gasteiger charge is -2.56. The molecule has 1 saturated carbocycles. The third-order valence-corrected chi connectivity index (χ3v) is 21.8. The number of esters is 2. The highest BCUT2D eigenvalue weighted by molar-refractivity contribution is 6.26. The normalized spacial score (nSPS) is 46.8. The number of allylic oxidation sites excluding steroid dienone is 3. The van der Waals surface area contributed by atoms with Gasteiger partial charge in [0, 0.05) is 62.7 Å². The molecule has 0 radical (unpaired) electrons. The number of aldehydes is 1. The molecule has 7 N–H and O–H groups in total. The summed E-state index contributed by atoms with van der Waals surface area (Å²) in [4.78, 5) is 68.1. The van der Waals surface area contributed by atoms with Gasteiger partial charge >= 0.3 is 18.0 Å². The number of Topliss-reactive ketones (excluding diaryl/α,β-unsaturated/α-hetero) is 1. The predicted molar refractivity (Wildman–Crippen MR) is 327 cm³/mol. The van der Waals surface area contributed by atoms with E-state index in [1.807, 2.05) is 45.9 Å². The fourth-order valence-electron chi connectivity index (χ4n) is 17.0. The molecule has 6 heterocycles. The number of hydrogen-bond acceptors (Lipinski definition) is 26. The highest BCUT2D eigenvalue weighted by Crippen LogP contribution is 2.61. The summed E-state index contributed by atoms with van der Waals surface area (Å²) >= 11 is 0. The second-order valence-corrected chi connectivity index (χ2v) is 28.4. The molecule has 1 spiro atoms. The molecule has 10 rings (SSSR count). The van der Waals surface area contributed by atoms with Gasteiger partial charge in [-0.3, -0.25) is 19.6 Å². The summed E-state index contributed by atoms with van der Waals surface area (Å²) in [5, 5.41) is 84.2. The summed E-state index contributed by atoms with van der Waals surface area (Å²) in [7, 11) is 1.16. The second-order valence-electron chi connectivity index (χ2n) is 28.4. The summed E-state index contributed by atoms with van der Waals surface area (Å²) in [6.07, 6.45) is -8.43. The molecular weight excluding hydrogens is 1230 g/mol. The zero-order valence-electron chi connectivity index (χ0n) is 55.8. The third-order valence-electron chi connectivity index (χ3n) is 21.8. The van der Waals surface area contributed by atoms with Crippen LogP contribution in [0.4, 0.5) is 4.79 Å². The van der Waals surface area contributed by atoms with Gasteiger partial charge in [0.1, 0.15) is 35.9 Å². The Morgan fingerprint density at radius 3 is 1.91 bits per heavy atom. The van der Waals surface area contributed by atoms with Gasteiger partial charge in [0.2, 0.25) is 5.78 Å². The third kappa shape index (κ3) is 14.1. The fourth-order valence-corrected chi connectivity index (χ4v) is 17.0. The number of hydroxylamine groups is 2. The number of ketones is 1. The van der Waals surface area contributed by atoms with Gasteiger partial charge < -0.3 is 103 Å². The lowest BCUT2D eigenvalue weighted by molar-refractivity contribution is -0.342. The highest BCUT2D eigenvalue weighted by atomic mass is 16.8. The molecule has 0 aromatic heterocycles. The van der Waals surface area contributed by atoms with Crippen molar-refractivity contribution in [3.05, 3.63) is 63.6 Å². The number of nitrogens with one attached hydrogen (secondary N) is 1. The monoisotopic (exact) mass is 1330 g/mol. The van der Waals surface area contributed by atoms with Crippen molar-refractivity contribution < 1.29 is 116 Å². The number of aliphatic hydroxyl groups is 5. The fraction of sp³-hybridized carbons (Fsp3) is 0.776. The topological polar surface area (TPSA) is 365 Å². The average Bonchev–Trinajstić information content (AvgIpc) is 1.35. The number of amides is 1. The maximum absolute atomic E-state index is 15.6. The predicted octanol–water partition coefficient (Wildman–Crippen LogP) is 5.24. The molecule has 27 heteroatoms. The van der Waals surface area contributed by atoms with Crippen molar-refractivity contribution in [2.24, 2.45) is 40.9 Å². The van der Waals surface area contributed by atoms with Crippen molar-refractivity contribution >= 4 is 30.1 Å². The molecule has 1 amide bonds. The molecule has 6 saturated heterocycles. The lowest BCUT2D eigenvalue weighted by Crippen LogP contribution is -2.67. The second kappa shape index (κ2) is 28.7. The molecule has 7 fully saturated rings. The standard InChI is InChI=1S/C67H97N2O25/c1-29-14-18-47(89-53-27-65(11,69(80)81)60(37(9)87-53)68-64(79)82-13)30(2)21-42-44(73)22-39(28-70)26-67(42)62(77)54(63(78)94-67)61(76)66(12)41(29)16-15-40-55(66)31(3)20-32(4)56(40)92-52-25-48(59(36(8)86-52)88-38(10)71)90-50-23-45(74)58(35(7)84-50)93-51-24-46(75)57(34(6)85-51)91-49-19-17-43(72)33(5)83-49/h14-16,21-22,28,31-37,40-53,55-60,72-76,80H,17-20,23-27H2,1-13H3,(H,68,79)/q-1. The van der Waals surface area contributed by atoms with E-state index in [1.54, 1.807) is 47.6 Å². The largest absolute Gasteiger partial charge is 0.762 e. The van der Waals surface area contributed by atoms with Gasteiger partial charge in [-0.2, -0.15) is 0 Å². The van der Waals surface area contributed by atoms with Gasteiger partial charge in [-0.1, -0.05) is 50.6 Å². The van der Waals surface area contributed by atoms with Gasteiger partial charge in [0.05, 0.1) is 91.8 Å². The molecule has 0 aromatic rings. The number of carbonyl (C=O) groups excluding carboxylic acids is 5. The summed E-state index contributed by atoms with van der Waals surface area (Å²) in [6, 6.07) is -1.07. The van der Waals surface area contributed by atoms with Gasteiger partial charge in [0.25, 0.3) is 0 Å². The average molecular weight is 1330 g/mol. The highest BCUT2D eigenvalue weighted by Gasteiger charge is 2.65. The van der Waals surface area contributed by atoms with Crippen LogP contribution < -0.4 is 5.32 Å². The van der Waals surface area contributed by atoms with E-state index in [0.29, 0.717) is 36.7 Å². The maximum Gasteiger partial charge on any atom is 0.407 e. The van der Waals surface area contributed by atoms with E-state index >= 15 is 4.79 Å². The number of hydrogen-bond donors (Lipinski definition) is 7. The van der Waals surface area contributed by atoms with E-state index in [9.17, 15) is 55.1 Å². The van der Waals surface area contributed by atoms with Gasteiger partial charge in [-0.05, 0) is 110 Å².